The Bertz CT molecular complexity index is 537. The van der Waals surface area contributed by atoms with Gasteiger partial charge in [-0.15, -0.1) is 10.2 Å². The van der Waals surface area contributed by atoms with Gasteiger partial charge in [-0.25, -0.2) is 0 Å². The van der Waals surface area contributed by atoms with Crippen LogP contribution in [0.25, 0.3) is 0 Å². The fraction of sp³-hybridized carbons (Fsp3) is 0.636. The first-order chi connectivity index (χ1) is 8.72. The minimum Gasteiger partial charge on any atom is -0.310 e. The predicted molar refractivity (Wildman–Crippen MR) is 64.7 cm³/mol. The molecule has 2 aromatic rings. The third-order valence-electron chi connectivity index (χ3n) is 3.20. The molecule has 2 aromatic heterocycles. The van der Waals surface area contributed by atoms with E-state index >= 15 is 0 Å². The van der Waals surface area contributed by atoms with E-state index in [1.165, 1.54) is 23.2 Å². The first-order valence-corrected chi connectivity index (χ1v) is 6.20. The number of aryl methyl sites for hydroxylation is 1. The van der Waals surface area contributed by atoms with Gasteiger partial charge < -0.3 is 5.32 Å². The van der Waals surface area contributed by atoms with E-state index in [0.717, 1.165) is 18.3 Å². The number of nitrogens with zero attached hydrogens (tertiary/aromatic N) is 6. The van der Waals surface area contributed by atoms with Crippen LogP contribution in [-0.2, 0) is 20.1 Å². The second kappa shape index (κ2) is 4.49. The van der Waals surface area contributed by atoms with Gasteiger partial charge in [-0.05, 0) is 25.0 Å². The average Bonchev–Trinajstić information content (AvgIpc) is 3.01. The van der Waals surface area contributed by atoms with Crippen LogP contribution in [0, 0.1) is 6.92 Å². The van der Waals surface area contributed by atoms with Crippen LogP contribution in [0.5, 0.6) is 0 Å². The number of aromatic nitrogens is 6. The molecular weight excluding hydrogens is 230 g/mol. The van der Waals surface area contributed by atoms with Gasteiger partial charge in [0.05, 0.1) is 13.2 Å². The van der Waals surface area contributed by atoms with Gasteiger partial charge in [-0.2, -0.15) is 9.90 Å². The fourth-order valence-corrected chi connectivity index (χ4v) is 1.88. The fourth-order valence-electron chi connectivity index (χ4n) is 1.88. The van der Waals surface area contributed by atoms with Crippen LogP contribution in [0.2, 0.25) is 0 Å². The molecule has 18 heavy (non-hydrogen) atoms. The monoisotopic (exact) mass is 247 g/mol. The van der Waals surface area contributed by atoms with E-state index in [-0.39, 0.29) is 0 Å². The zero-order valence-electron chi connectivity index (χ0n) is 10.7. The molecule has 0 aliphatic heterocycles. The maximum absolute atomic E-state index is 4.38. The van der Waals surface area contributed by atoms with Crippen molar-refractivity contribution in [2.75, 3.05) is 0 Å². The molecular formula is C11H17N7. The molecule has 7 nitrogen and oxygen atoms in total. The summed E-state index contributed by atoms with van der Waals surface area (Å²) in [5.74, 6) is 0.686. The second-order valence-corrected chi connectivity index (χ2v) is 4.76. The number of hydrogen-bond acceptors (Lipinski definition) is 5. The molecule has 0 atom stereocenters. The molecule has 1 N–H and O–H groups in total. The van der Waals surface area contributed by atoms with Crippen molar-refractivity contribution in [3.05, 3.63) is 23.3 Å². The van der Waals surface area contributed by atoms with Gasteiger partial charge in [0.15, 0.2) is 5.82 Å². The molecule has 0 aromatic carbocycles. The number of tetrazole rings is 1. The minimum absolute atomic E-state index is 0.573. The Labute approximate surface area is 105 Å². The van der Waals surface area contributed by atoms with Gasteiger partial charge in [0.2, 0.25) is 0 Å². The molecule has 1 fully saturated rings. The van der Waals surface area contributed by atoms with Gasteiger partial charge in [0.1, 0.15) is 6.54 Å². The molecule has 96 valence electrons. The lowest BCUT2D eigenvalue weighted by Gasteiger charge is -2.03. The Hall–Kier alpha value is -1.76. The number of rotatable bonds is 5. The summed E-state index contributed by atoms with van der Waals surface area (Å²) in [7, 11) is 1.76. The molecule has 1 aliphatic carbocycles. The lowest BCUT2D eigenvalue weighted by molar-refractivity contribution is 0.610. The Kier molecular flexibility index (Phi) is 2.83. The van der Waals surface area contributed by atoms with E-state index in [0.29, 0.717) is 12.4 Å². The summed E-state index contributed by atoms with van der Waals surface area (Å²) in [5.41, 5.74) is 2.40. The van der Waals surface area contributed by atoms with Crippen molar-refractivity contribution in [1.82, 2.24) is 35.3 Å². The molecule has 0 saturated heterocycles. The van der Waals surface area contributed by atoms with E-state index in [2.05, 4.69) is 32.7 Å². The molecule has 0 radical (unpaired) electrons. The SMILES string of the molecule is Cc1c(CNC2CC2)cnn1Cc1nnn(C)n1. The summed E-state index contributed by atoms with van der Waals surface area (Å²) in [6.45, 7) is 3.54. The Morgan fingerprint density at radius 3 is 2.94 bits per heavy atom. The zero-order valence-corrected chi connectivity index (χ0v) is 10.7. The van der Waals surface area contributed by atoms with Crippen molar-refractivity contribution in [3.63, 3.8) is 0 Å². The second-order valence-electron chi connectivity index (χ2n) is 4.76. The zero-order chi connectivity index (χ0) is 12.5. The van der Waals surface area contributed by atoms with E-state index in [1.807, 2.05) is 10.9 Å². The molecule has 7 heteroatoms. The van der Waals surface area contributed by atoms with Crippen LogP contribution in [0.4, 0.5) is 0 Å². The first kappa shape index (κ1) is 11.3. The largest absolute Gasteiger partial charge is 0.310 e. The molecule has 1 aliphatic rings. The topological polar surface area (TPSA) is 73.5 Å². The summed E-state index contributed by atoms with van der Waals surface area (Å²) in [5, 5.41) is 19.8. The molecule has 1 saturated carbocycles. The summed E-state index contributed by atoms with van der Waals surface area (Å²) in [4.78, 5) is 1.46. The quantitative estimate of drug-likeness (QED) is 0.806. The molecule has 2 heterocycles. The molecule has 0 spiro atoms. The van der Waals surface area contributed by atoms with Crippen molar-refractivity contribution >= 4 is 0 Å². The summed E-state index contributed by atoms with van der Waals surface area (Å²) in [6.07, 6.45) is 4.52. The summed E-state index contributed by atoms with van der Waals surface area (Å²) in [6, 6.07) is 0.717. The van der Waals surface area contributed by atoms with Crippen molar-refractivity contribution < 1.29 is 0 Å². The van der Waals surface area contributed by atoms with Gasteiger partial charge in [-0.3, -0.25) is 4.68 Å². The highest BCUT2D eigenvalue weighted by Crippen LogP contribution is 2.19. The highest BCUT2D eigenvalue weighted by Gasteiger charge is 2.20. The maximum Gasteiger partial charge on any atom is 0.196 e. The molecule has 0 unspecified atom stereocenters. The molecule has 3 rings (SSSR count). The van der Waals surface area contributed by atoms with Gasteiger partial charge >= 0.3 is 0 Å². The lowest BCUT2D eigenvalue weighted by atomic mass is 10.2. The van der Waals surface area contributed by atoms with Crippen LogP contribution >= 0.6 is 0 Å². The van der Waals surface area contributed by atoms with Crippen molar-refractivity contribution in [2.45, 2.75) is 38.9 Å². The lowest BCUT2D eigenvalue weighted by Crippen LogP contribution is -2.16. The Balaban J connectivity index is 1.68. The predicted octanol–water partition coefficient (Wildman–Crippen LogP) is 0.0153. The summed E-state index contributed by atoms with van der Waals surface area (Å²) >= 11 is 0. The first-order valence-electron chi connectivity index (χ1n) is 6.20. The van der Waals surface area contributed by atoms with Gasteiger partial charge in [0, 0.05) is 23.8 Å². The third kappa shape index (κ3) is 2.40. The van der Waals surface area contributed by atoms with Crippen LogP contribution in [0.15, 0.2) is 6.20 Å². The van der Waals surface area contributed by atoms with Crippen LogP contribution in [0.3, 0.4) is 0 Å². The molecule has 0 amide bonds. The third-order valence-corrected chi connectivity index (χ3v) is 3.20. The number of nitrogens with one attached hydrogen (secondary N) is 1. The highest BCUT2D eigenvalue weighted by atomic mass is 15.6. The van der Waals surface area contributed by atoms with Crippen LogP contribution in [-0.4, -0.2) is 36.0 Å². The Morgan fingerprint density at radius 1 is 1.44 bits per heavy atom. The summed E-state index contributed by atoms with van der Waals surface area (Å²) < 4.78 is 1.92. The van der Waals surface area contributed by atoms with Crippen molar-refractivity contribution in [3.8, 4) is 0 Å². The standard InChI is InChI=1S/C11H17N7/c1-8-9(5-12-10-3-4-10)6-13-18(8)7-11-14-16-17(2)15-11/h6,10,12H,3-5,7H2,1-2H3. The smallest absolute Gasteiger partial charge is 0.196 e. The van der Waals surface area contributed by atoms with Crippen molar-refractivity contribution in [2.24, 2.45) is 7.05 Å². The van der Waals surface area contributed by atoms with E-state index in [4.69, 9.17) is 0 Å². The van der Waals surface area contributed by atoms with Crippen LogP contribution in [0.1, 0.15) is 29.9 Å². The van der Waals surface area contributed by atoms with E-state index in [9.17, 15) is 0 Å². The van der Waals surface area contributed by atoms with Crippen molar-refractivity contribution in [1.29, 1.82) is 0 Å². The Morgan fingerprint density at radius 2 is 2.28 bits per heavy atom. The minimum atomic E-state index is 0.573. The molecule has 0 bridgehead atoms. The highest BCUT2D eigenvalue weighted by molar-refractivity contribution is 5.16. The van der Waals surface area contributed by atoms with E-state index < -0.39 is 0 Å². The van der Waals surface area contributed by atoms with Crippen LogP contribution < -0.4 is 5.32 Å². The maximum atomic E-state index is 4.38. The normalized spacial score (nSPS) is 15.2. The van der Waals surface area contributed by atoms with Gasteiger partial charge in [0.25, 0.3) is 0 Å². The van der Waals surface area contributed by atoms with Gasteiger partial charge in [-0.1, -0.05) is 0 Å². The average molecular weight is 247 g/mol. The van der Waals surface area contributed by atoms with E-state index in [1.54, 1.807) is 7.05 Å². The number of hydrogen-bond donors (Lipinski definition) is 1.